The van der Waals surface area contributed by atoms with Crippen LogP contribution < -0.4 is 10.2 Å². The van der Waals surface area contributed by atoms with Crippen molar-refractivity contribution in [2.24, 2.45) is 0 Å². The summed E-state index contributed by atoms with van der Waals surface area (Å²) in [6.45, 7) is 4.40. The van der Waals surface area contributed by atoms with Gasteiger partial charge in [-0.1, -0.05) is 12.1 Å². The first-order valence-electron chi connectivity index (χ1n) is 11.2. The number of thioether (sulfide) groups is 1. The van der Waals surface area contributed by atoms with E-state index in [0.29, 0.717) is 35.6 Å². The summed E-state index contributed by atoms with van der Waals surface area (Å²) < 4.78 is 51.5. The number of aliphatic hydroxyl groups is 1. The molecule has 11 heteroatoms. The molecule has 1 aromatic carbocycles. The zero-order chi connectivity index (χ0) is 26.3. The van der Waals surface area contributed by atoms with Gasteiger partial charge in [-0.15, -0.1) is 0 Å². The van der Waals surface area contributed by atoms with E-state index in [1.807, 2.05) is 11.8 Å². The van der Waals surface area contributed by atoms with Crippen LogP contribution in [0.5, 0.6) is 0 Å². The summed E-state index contributed by atoms with van der Waals surface area (Å²) in [5.74, 6) is -0.301. The van der Waals surface area contributed by atoms with Crippen molar-refractivity contribution in [2.75, 3.05) is 31.1 Å². The summed E-state index contributed by atoms with van der Waals surface area (Å²) in [4.78, 5) is 23.2. The summed E-state index contributed by atoms with van der Waals surface area (Å²) in [7, 11) is 0. The number of benzene rings is 1. The lowest BCUT2D eigenvalue weighted by Gasteiger charge is -2.24. The van der Waals surface area contributed by atoms with E-state index in [1.165, 1.54) is 30.6 Å². The van der Waals surface area contributed by atoms with E-state index in [-0.39, 0.29) is 41.6 Å². The molecular weight excluding hydrogens is 496 g/mol. The number of aliphatic hydroxyl groups excluding tert-OH is 1. The Morgan fingerprint density at radius 3 is 2.50 bits per heavy atom. The second-order valence-electron chi connectivity index (χ2n) is 7.93. The van der Waals surface area contributed by atoms with Crippen molar-refractivity contribution < 1.29 is 27.5 Å². The largest absolute Gasteiger partial charge is 0.446 e. The second-order valence-corrected chi connectivity index (χ2v) is 9.07. The molecule has 0 saturated carbocycles. The average molecular weight is 523 g/mol. The summed E-state index contributed by atoms with van der Waals surface area (Å²) in [5.41, 5.74) is -2.36. The molecule has 1 unspecified atom stereocenters. The fourth-order valence-corrected chi connectivity index (χ4v) is 4.13. The number of ketones is 1. The van der Waals surface area contributed by atoms with Gasteiger partial charge in [-0.25, -0.2) is 9.37 Å². The van der Waals surface area contributed by atoms with Crippen molar-refractivity contribution in [3.8, 4) is 11.1 Å². The predicted molar refractivity (Wildman–Crippen MR) is 132 cm³/mol. The molecule has 0 fully saturated rings. The number of hydrogen-bond donors (Lipinski definition) is 2. The molecule has 2 heterocycles. The lowest BCUT2D eigenvalue weighted by atomic mass is 10.0. The van der Waals surface area contributed by atoms with Gasteiger partial charge in [0.15, 0.2) is 5.78 Å². The minimum absolute atomic E-state index is 0.0454. The van der Waals surface area contributed by atoms with Crippen LogP contribution in [-0.2, 0) is 0 Å². The Hall–Kier alpha value is -3.02. The highest BCUT2D eigenvalue weighted by atomic mass is 32.2. The number of nitrogens with one attached hydrogen (secondary N) is 1. The van der Waals surface area contributed by atoms with Crippen LogP contribution in [0.15, 0.2) is 59.9 Å². The number of alkyl halides is 3. The topological polar surface area (TPSA) is 78.3 Å². The van der Waals surface area contributed by atoms with Crippen LogP contribution in [0.1, 0.15) is 35.8 Å². The molecule has 0 aliphatic carbocycles. The number of aromatic nitrogens is 2. The third-order valence-corrected chi connectivity index (χ3v) is 6.18. The van der Waals surface area contributed by atoms with Crippen LogP contribution in [0, 0.1) is 5.82 Å². The zero-order valence-corrected chi connectivity index (χ0v) is 20.5. The molecule has 2 N–H and O–H groups in total. The van der Waals surface area contributed by atoms with Gasteiger partial charge in [0.05, 0.1) is 19.3 Å². The number of nitrogens with zero attached hydrogens (tertiary/aromatic N) is 3. The van der Waals surface area contributed by atoms with Gasteiger partial charge in [0.2, 0.25) is 0 Å². The molecule has 36 heavy (non-hydrogen) atoms. The third kappa shape index (κ3) is 7.49. The molecule has 192 valence electrons. The Balaban J connectivity index is 1.77. The molecule has 3 rings (SSSR count). The number of rotatable bonds is 11. The lowest BCUT2D eigenvalue weighted by Crippen LogP contribution is -2.28. The number of pyridine rings is 2. The second kappa shape index (κ2) is 12.3. The van der Waals surface area contributed by atoms with Crippen molar-refractivity contribution in [1.82, 2.24) is 15.3 Å². The van der Waals surface area contributed by atoms with Crippen molar-refractivity contribution in [2.45, 2.75) is 30.3 Å². The summed E-state index contributed by atoms with van der Waals surface area (Å²) in [5, 5.41) is 12.5. The third-order valence-electron chi connectivity index (χ3n) is 5.44. The van der Waals surface area contributed by atoms with E-state index in [4.69, 9.17) is 0 Å². The maximum absolute atomic E-state index is 13.9. The van der Waals surface area contributed by atoms with Gasteiger partial charge in [-0.05, 0) is 55.4 Å². The van der Waals surface area contributed by atoms with Crippen molar-refractivity contribution in [3.63, 3.8) is 0 Å². The number of likely N-dealkylation sites (N-methyl/N-ethyl adjacent to an activating group) is 1. The molecule has 0 bridgehead atoms. The molecule has 1 atom stereocenters. The molecule has 0 spiro atoms. The number of carbonyl (C=O) groups excluding carboxylic acids is 1. The molecule has 0 aliphatic rings. The molecule has 0 saturated heterocycles. The maximum Gasteiger partial charge on any atom is 0.446 e. The molecular formula is C25H26F4N4O2S. The van der Waals surface area contributed by atoms with Crippen molar-refractivity contribution >= 4 is 23.4 Å². The molecule has 0 aliphatic heterocycles. The van der Waals surface area contributed by atoms with E-state index in [1.54, 1.807) is 25.1 Å². The summed E-state index contributed by atoms with van der Waals surface area (Å²) in [6.07, 6.45) is 3.99. The highest BCUT2D eigenvalue weighted by Crippen LogP contribution is 2.37. The predicted octanol–water partition coefficient (Wildman–Crippen LogP) is 5.25. The molecule has 3 aromatic rings. The van der Waals surface area contributed by atoms with E-state index in [2.05, 4.69) is 15.3 Å². The molecule has 0 amide bonds. The Morgan fingerprint density at radius 1 is 1.17 bits per heavy atom. The minimum Gasteiger partial charge on any atom is -0.395 e. The van der Waals surface area contributed by atoms with Crippen LogP contribution in [0.25, 0.3) is 11.1 Å². The van der Waals surface area contributed by atoms with Gasteiger partial charge >= 0.3 is 5.51 Å². The zero-order valence-electron chi connectivity index (χ0n) is 19.7. The lowest BCUT2D eigenvalue weighted by molar-refractivity contribution is -0.0328. The maximum atomic E-state index is 13.9. The van der Waals surface area contributed by atoms with Gasteiger partial charge in [0.1, 0.15) is 11.6 Å². The van der Waals surface area contributed by atoms with Crippen LogP contribution in [-0.4, -0.2) is 52.6 Å². The standard InChI is InChI=1S/C25H26F4N4O2S/c1-3-33(8-9-34)24-22(18-10-20(26)14-30-12-18)11-19(13-32-24)23(35)15-31-16(2)17-4-6-21(7-5-17)36-25(27,28)29/h4-7,10-14,16,31,34H,3,8-9,15H2,1-2H3. The Kier molecular flexibility index (Phi) is 9.41. The number of hydrogen-bond acceptors (Lipinski definition) is 7. The van der Waals surface area contributed by atoms with Crippen LogP contribution in [0.2, 0.25) is 0 Å². The normalized spacial score (nSPS) is 12.4. The van der Waals surface area contributed by atoms with Crippen LogP contribution in [0.4, 0.5) is 23.4 Å². The fourth-order valence-electron chi connectivity index (χ4n) is 3.59. The van der Waals surface area contributed by atoms with Crippen molar-refractivity contribution in [1.29, 1.82) is 0 Å². The van der Waals surface area contributed by atoms with E-state index in [9.17, 15) is 27.5 Å². The van der Waals surface area contributed by atoms with Crippen molar-refractivity contribution in [3.05, 3.63) is 71.9 Å². The van der Waals surface area contributed by atoms with Gasteiger partial charge < -0.3 is 15.3 Å². The number of Topliss-reactive ketones (excluding diaryl/α,β-unsaturated/α-hetero) is 1. The number of anilines is 1. The van der Waals surface area contributed by atoms with E-state index < -0.39 is 11.3 Å². The molecule has 0 radical (unpaired) electrons. The SMILES string of the molecule is CCN(CCO)c1ncc(C(=O)CNC(C)c2ccc(SC(F)(F)F)cc2)cc1-c1cncc(F)c1. The number of carbonyl (C=O) groups is 1. The van der Waals surface area contributed by atoms with Gasteiger partial charge in [-0.3, -0.25) is 9.78 Å². The summed E-state index contributed by atoms with van der Waals surface area (Å²) in [6, 6.07) is 8.58. The quantitative estimate of drug-likeness (QED) is 0.202. The first-order chi connectivity index (χ1) is 17.1. The van der Waals surface area contributed by atoms with E-state index in [0.717, 1.165) is 11.8 Å². The highest BCUT2D eigenvalue weighted by molar-refractivity contribution is 8.00. The van der Waals surface area contributed by atoms with Gasteiger partial charge in [0, 0.05) is 53.1 Å². The van der Waals surface area contributed by atoms with Crippen LogP contribution >= 0.6 is 11.8 Å². The van der Waals surface area contributed by atoms with Crippen LogP contribution in [0.3, 0.4) is 0 Å². The first kappa shape index (κ1) is 27.6. The Labute approximate surface area is 210 Å². The molecule has 2 aromatic heterocycles. The first-order valence-corrected chi connectivity index (χ1v) is 12.0. The smallest absolute Gasteiger partial charge is 0.395 e. The Morgan fingerprint density at radius 2 is 1.89 bits per heavy atom. The Bertz CT molecular complexity index is 1180. The molecule has 6 nitrogen and oxygen atoms in total. The minimum atomic E-state index is -4.35. The fraction of sp³-hybridized carbons (Fsp3) is 0.320. The van der Waals surface area contributed by atoms with Gasteiger partial charge in [0.25, 0.3) is 0 Å². The van der Waals surface area contributed by atoms with E-state index >= 15 is 0 Å². The van der Waals surface area contributed by atoms with Gasteiger partial charge in [-0.2, -0.15) is 13.2 Å². The average Bonchev–Trinajstić information content (AvgIpc) is 2.85. The number of halogens is 4. The highest BCUT2D eigenvalue weighted by Gasteiger charge is 2.29. The monoisotopic (exact) mass is 522 g/mol. The summed E-state index contributed by atoms with van der Waals surface area (Å²) >= 11 is -0.182.